The summed E-state index contributed by atoms with van der Waals surface area (Å²) in [5.41, 5.74) is 10.9. The summed E-state index contributed by atoms with van der Waals surface area (Å²) in [4.78, 5) is 5.28. The first kappa shape index (κ1) is 21.3. The standard InChI is InChI=1S/C19H26N6O3S/c1-14-19(15(2)28-23-14)17-3-5-18(6-4-17)29(26,27)22-9-12-25-10-7-16(8-11-25)13-21-24-20/h3-6,16,22H,7-13H2,1-2H3. The van der Waals surface area contributed by atoms with Gasteiger partial charge in [0.1, 0.15) is 5.76 Å². The Kier molecular flexibility index (Phi) is 6.92. The summed E-state index contributed by atoms with van der Waals surface area (Å²) in [7, 11) is -3.56. The van der Waals surface area contributed by atoms with Crippen molar-refractivity contribution in [2.75, 3.05) is 32.7 Å². The van der Waals surface area contributed by atoms with Crippen LogP contribution in [0.3, 0.4) is 0 Å². The number of rotatable bonds is 8. The minimum Gasteiger partial charge on any atom is -0.361 e. The first-order valence-electron chi connectivity index (χ1n) is 9.67. The molecule has 1 aromatic carbocycles. The van der Waals surface area contributed by atoms with Crippen LogP contribution in [0.4, 0.5) is 0 Å². The maximum atomic E-state index is 12.6. The number of sulfonamides is 1. The van der Waals surface area contributed by atoms with E-state index in [4.69, 9.17) is 10.1 Å². The van der Waals surface area contributed by atoms with Gasteiger partial charge in [-0.15, -0.1) is 0 Å². The minimum atomic E-state index is -3.56. The molecule has 1 fully saturated rings. The fourth-order valence-corrected chi connectivity index (χ4v) is 4.68. The lowest BCUT2D eigenvalue weighted by molar-refractivity contribution is 0.190. The average Bonchev–Trinajstić information content (AvgIpc) is 3.05. The number of hydrogen-bond acceptors (Lipinski definition) is 6. The molecular weight excluding hydrogens is 392 g/mol. The van der Waals surface area contributed by atoms with E-state index in [1.54, 1.807) is 24.3 Å². The second-order valence-electron chi connectivity index (χ2n) is 7.32. The van der Waals surface area contributed by atoms with Crippen LogP contribution in [0.1, 0.15) is 24.3 Å². The van der Waals surface area contributed by atoms with Crippen LogP contribution in [0, 0.1) is 19.8 Å². The van der Waals surface area contributed by atoms with Crippen LogP contribution in [0.5, 0.6) is 0 Å². The van der Waals surface area contributed by atoms with E-state index in [2.05, 4.69) is 24.8 Å². The minimum absolute atomic E-state index is 0.237. The molecule has 0 radical (unpaired) electrons. The monoisotopic (exact) mass is 418 g/mol. The topological polar surface area (TPSA) is 124 Å². The number of aromatic nitrogens is 1. The lowest BCUT2D eigenvalue weighted by atomic mass is 9.97. The number of aryl methyl sites for hydroxylation is 2. The Balaban J connectivity index is 1.52. The maximum absolute atomic E-state index is 12.6. The van der Waals surface area contributed by atoms with Gasteiger partial charge in [0.15, 0.2) is 0 Å². The molecule has 10 heteroatoms. The predicted molar refractivity (Wildman–Crippen MR) is 110 cm³/mol. The van der Waals surface area contributed by atoms with E-state index in [0.29, 0.717) is 31.3 Å². The number of benzene rings is 1. The Morgan fingerprint density at radius 1 is 1.28 bits per heavy atom. The van der Waals surface area contributed by atoms with E-state index in [9.17, 15) is 8.42 Å². The average molecular weight is 419 g/mol. The molecule has 2 heterocycles. The largest absolute Gasteiger partial charge is 0.361 e. The van der Waals surface area contributed by atoms with E-state index in [0.717, 1.165) is 42.8 Å². The molecule has 156 valence electrons. The van der Waals surface area contributed by atoms with Crippen LogP contribution < -0.4 is 4.72 Å². The number of azide groups is 1. The summed E-state index contributed by atoms with van der Waals surface area (Å²) in [5.74, 6) is 1.13. The molecule has 1 N–H and O–H groups in total. The van der Waals surface area contributed by atoms with Crippen molar-refractivity contribution in [3.8, 4) is 11.1 Å². The molecule has 0 aliphatic carbocycles. The molecule has 29 heavy (non-hydrogen) atoms. The van der Waals surface area contributed by atoms with Crippen molar-refractivity contribution in [3.63, 3.8) is 0 Å². The van der Waals surface area contributed by atoms with E-state index in [1.165, 1.54) is 0 Å². The van der Waals surface area contributed by atoms with Crippen molar-refractivity contribution >= 4 is 10.0 Å². The number of hydrogen-bond donors (Lipinski definition) is 1. The maximum Gasteiger partial charge on any atom is 0.240 e. The zero-order valence-electron chi connectivity index (χ0n) is 16.7. The highest BCUT2D eigenvalue weighted by molar-refractivity contribution is 7.89. The van der Waals surface area contributed by atoms with Gasteiger partial charge in [0.25, 0.3) is 0 Å². The van der Waals surface area contributed by atoms with Gasteiger partial charge in [-0.25, -0.2) is 13.1 Å². The fourth-order valence-electron chi connectivity index (χ4n) is 3.66. The van der Waals surface area contributed by atoms with Gasteiger partial charge in [0.05, 0.1) is 10.6 Å². The van der Waals surface area contributed by atoms with Crippen molar-refractivity contribution in [1.29, 1.82) is 0 Å². The zero-order valence-corrected chi connectivity index (χ0v) is 17.5. The summed E-state index contributed by atoms with van der Waals surface area (Å²) >= 11 is 0. The van der Waals surface area contributed by atoms with Crippen molar-refractivity contribution in [1.82, 2.24) is 14.8 Å². The van der Waals surface area contributed by atoms with E-state index in [1.807, 2.05) is 13.8 Å². The first-order valence-corrected chi connectivity index (χ1v) is 11.1. The van der Waals surface area contributed by atoms with E-state index >= 15 is 0 Å². The SMILES string of the molecule is Cc1noc(C)c1-c1ccc(S(=O)(=O)NCCN2CCC(CN=[N+]=[N-])CC2)cc1. The summed E-state index contributed by atoms with van der Waals surface area (Å²) in [6, 6.07) is 6.75. The molecular formula is C19H26N6O3S. The molecule has 0 spiro atoms. The number of likely N-dealkylation sites (tertiary alicyclic amines) is 1. The van der Waals surface area contributed by atoms with Crippen molar-refractivity contribution in [3.05, 3.63) is 46.2 Å². The van der Waals surface area contributed by atoms with Crippen LogP contribution in [0.15, 0.2) is 38.8 Å². The van der Waals surface area contributed by atoms with Crippen molar-refractivity contribution in [2.45, 2.75) is 31.6 Å². The lowest BCUT2D eigenvalue weighted by Gasteiger charge is -2.31. The second kappa shape index (κ2) is 9.41. The van der Waals surface area contributed by atoms with Gasteiger partial charge in [-0.3, -0.25) is 0 Å². The Morgan fingerprint density at radius 2 is 1.97 bits per heavy atom. The van der Waals surface area contributed by atoms with Gasteiger partial charge in [-0.2, -0.15) is 0 Å². The van der Waals surface area contributed by atoms with Crippen molar-refractivity contribution < 1.29 is 12.9 Å². The molecule has 9 nitrogen and oxygen atoms in total. The van der Waals surface area contributed by atoms with Crippen LogP contribution in [0.25, 0.3) is 21.6 Å². The third-order valence-electron chi connectivity index (χ3n) is 5.32. The molecule has 0 saturated carbocycles. The van der Waals surface area contributed by atoms with Crippen LogP contribution >= 0.6 is 0 Å². The number of nitrogens with one attached hydrogen (secondary N) is 1. The van der Waals surface area contributed by atoms with Gasteiger partial charge >= 0.3 is 0 Å². The third-order valence-corrected chi connectivity index (χ3v) is 6.79. The van der Waals surface area contributed by atoms with Gasteiger partial charge in [-0.05, 0) is 68.9 Å². The summed E-state index contributed by atoms with van der Waals surface area (Å²) in [6.07, 6.45) is 1.93. The fraction of sp³-hybridized carbons (Fsp3) is 0.526. The normalized spacial score (nSPS) is 15.9. The molecule has 1 saturated heterocycles. The Hall–Kier alpha value is -2.39. The molecule has 1 aromatic heterocycles. The molecule has 2 aromatic rings. The van der Waals surface area contributed by atoms with E-state index < -0.39 is 10.0 Å². The highest BCUT2D eigenvalue weighted by Gasteiger charge is 2.20. The predicted octanol–water partition coefficient (Wildman–Crippen LogP) is 3.26. The zero-order chi connectivity index (χ0) is 20.9. The van der Waals surface area contributed by atoms with Gasteiger partial charge in [0.2, 0.25) is 10.0 Å². The van der Waals surface area contributed by atoms with Crippen LogP contribution in [-0.2, 0) is 10.0 Å². The highest BCUT2D eigenvalue weighted by Crippen LogP contribution is 2.27. The lowest BCUT2D eigenvalue weighted by Crippen LogP contribution is -2.40. The molecule has 0 bridgehead atoms. The van der Waals surface area contributed by atoms with Gasteiger partial charge < -0.3 is 9.42 Å². The molecule has 1 aliphatic heterocycles. The van der Waals surface area contributed by atoms with Crippen LogP contribution in [0.2, 0.25) is 0 Å². The molecule has 3 rings (SSSR count). The highest BCUT2D eigenvalue weighted by atomic mass is 32.2. The van der Waals surface area contributed by atoms with E-state index in [-0.39, 0.29) is 4.90 Å². The van der Waals surface area contributed by atoms with Gasteiger partial charge in [-0.1, -0.05) is 22.4 Å². The quantitative estimate of drug-likeness (QED) is 0.400. The molecule has 0 unspecified atom stereocenters. The summed E-state index contributed by atoms with van der Waals surface area (Å²) in [5, 5.41) is 7.58. The van der Waals surface area contributed by atoms with Crippen molar-refractivity contribution in [2.24, 2.45) is 11.0 Å². The first-order chi connectivity index (χ1) is 13.9. The second-order valence-corrected chi connectivity index (χ2v) is 9.09. The number of nitrogens with zero attached hydrogens (tertiary/aromatic N) is 5. The van der Waals surface area contributed by atoms with Crippen LogP contribution in [-0.4, -0.2) is 51.2 Å². The summed E-state index contributed by atoms with van der Waals surface area (Å²) < 4.78 is 33.0. The Labute approximate surface area is 170 Å². The Morgan fingerprint density at radius 3 is 2.55 bits per heavy atom. The number of piperidine rings is 1. The Bertz CT molecular complexity index is 952. The molecule has 1 aliphatic rings. The molecule has 0 amide bonds. The smallest absolute Gasteiger partial charge is 0.240 e. The van der Waals surface area contributed by atoms with Gasteiger partial charge in [0, 0.05) is 30.1 Å². The third kappa shape index (κ3) is 5.36. The summed E-state index contributed by atoms with van der Waals surface area (Å²) in [6.45, 7) is 7.03. The molecule has 0 atom stereocenters.